The van der Waals surface area contributed by atoms with Gasteiger partial charge in [0, 0.05) is 18.3 Å². The monoisotopic (exact) mass is 366 g/mol. The quantitative estimate of drug-likeness (QED) is 0.730. The number of pyridine rings is 1. The Morgan fingerprint density at radius 3 is 2.58 bits per heavy atom. The number of aromatic nitrogens is 2. The van der Waals surface area contributed by atoms with Gasteiger partial charge < -0.3 is 9.72 Å². The number of aromatic amines is 1. The maximum absolute atomic E-state index is 11.7. The largest absolute Gasteiger partial charge is 0.493 e. The van der Waals surface area contributed by atoms with Crippen LogP contribution >= 0.6 is 11.3 Å². The highest BCUT2D eigenvalue weighted by molar-refractivity contribution is 7.07. The van der Waals surface area contributed by atoms with Crippen molar-refractivity contribution in [3.63, 3.8) is 0 Å². The van der Waals surface area contributed by atoms with Crippen molar-refractivity contribution in [3.05, 3.63) is 79.0 Å². The van der Waals surface area contributed by atoms with Gasteiger partial charge in [0.05, 0.1) is 15.8 Å². The first kappa shape index (κ1) is 18.1. The molecule has 5 heteroatoms. The molecule has 0 aliphatic carbocycles. The van der Waals surface area contributed by atoms with Gasteiger partial charge in [-0.15, -0.1) is 11.3 Å². The maximum atomic E-state index is 11.7. The lowest BCUT2D eigenvalue weighted by Gasteiger charge is -2.08. The van der Waals surface area contributed by atoms with Gasteiger partial charge in [-0.2, -0.15) is 0 Å². The fourth-order valence-corrected chi connectivity index (χ4v) is 3.25. The molecular weight excluding hydrogens is 344 g/mol. The summed E-state index contributed by atoms with van der Waals surface area (Å²) in [5.41, 5.74) is 3.13. The van der Waals surface area contributed by atoms with E-state index in [1.165, 1.54) is 16.9 Å². The van der Waals surface area contributed by atoms with Gasteiger partial charge in [0.25, 0.3) is 5.56 Å². The Kier molecular flexibility index (Phi) is 5.68. The van der Waals surface area contributed by atoms with Crippen LogP contribution in [0.15, 0.2) is 47.4 Å². The van der Waals surface area contributed by atoms with Gasteiger partial charge in [0.2, 0.25) is 0 Å². The predicted octanol–water partition coefficient (Wildman–Crippen LogP) is 2.82. The van der Waals surface area contributed by atoms with Gasteiger partial charge in [-0.1, -0.05) is 38.6 Å². The van der Waals surface area contributed by atoms with Crippen molar-refractivity contribution in [2.75, 3.05) is 6.61 Å². The number of H-pyrrole nitrogens is 1. The molecule has 0 unspecified atom stereocenters. The lowest BCUT2D eigenvalue weighted by atomic mass is 10.1. The maximum Gasteiger partial charge on any atom is 0.266 e. The molecule has 0 saturated heterocycles. The number of benzene rings is 1. The van der Waals surface area contributed by atoms with Crippen molar-refractivity contribution in [1.29, 1.82) is 0 Å². The van der Waals surface area contributed by atoms with E-state index in [1.807, 2.05) is 36.5 Å². The third-order valence-corrected chi connectivity index (χ3v) is 4.90. The molecule has 0 radical (unpaired) electrons. The van der Waals surface area contributed by atoms with Crippen molar-refractivity contribution in [2.45, 2.75) is 26.2 Å². The van der Waals surface area contributed by atoms with Crippen LogP contribution in [0.25, 0.3) is 12.7 Å². The van der Waals surface area contributed by atoms with Crippen LogP contribution in [-0.2, 0) is 6.42 Å². The summed E-state index contributed by atoms with van der Waals surface area (Å²) in [7, 11) is 0. The number of hydrogen-bond acceptors (Lipinski definition) is 4. The van der Waals surface area contributed by atoms with Crippen LogP contribution in [0.4, 0.5) is 0 Å². The van der Waals surface area contributed by atoms with Crippen LogP contribution in [0.3, 0.4) is 0 Å². The third kappa shape index (κ3) is 4.70. The summed E-state index contributed by atoms with van der Waals surface area (Å²) in [6.07, 6.45) is 4.55. The molecule has 0 aliphatic heterocycles. The van der Waals surface area contributed by atoms with Crippen molar-refractivity contribution in [2.24, 2.45) is 0 Å². The summed E-state index contributed by atoms with van der Waals surface area (Å²) in [5, 5.41) is 0. The molecule has 0 atom stereocenters. The van der Waals surface area contributed by atoms with Gasteiger partial charge in [0.15, 0.2) is 0 Å². The standard InChI is InChI=1S/C21H22N2O2S/c1-14(2)17-6-7-18(22-13-17)10-11-25-19-8-4-16(5-9-19)12-20-21(24)23-15(3)26-20/h4-9,12-14H,3,10-11H2,1-2H3,(H,23,24)/b20-12-. The van der Waals surface area contributed by atoms with Gasteiger partial charge in [-0.05, 0) is 41.3 Å². The molecule has 3 aromatic rings. The predicted molar refractivity (Wildman–Crippen MR) is 107 cm³/mol. The first-order valence-corrected chi connectivity index (χ1v) is 9.40. The molecule has 26 heavy (non-hydrogen) atoms. The Morgan fingerprint density at radius 2 is 2.00 bits per heavy atom. The number of nitrogens with one attached hydrogen (secondary N) is 1. The first-order chi connectivity index (χ1) is 12.5. The highest BCUT2D eigenvalue weighted by atomic mass is 32.1. The minimum absolute atomic E-state index is 0.101. The van der Waals surface area contributed by atoms with Crippen LogP contribution in [0.1, 0.15) is 36.6 Å². The molecule has 4 nitrogen and oxygen atoms in total. The minimum atomic E-state index is -0.101. The van der Waals surface area contributed by atoms with E-state index < -0.39 is 0 Å². The Balaban J connectivity index is 1.58. The zero-order valence-electron chi connectivity index (χ0n) is 15.0. The van der Waals surface area contributed by atoms with E-state index in [4.69, 9.17) is 4.74 Å². The van der Waals surface area contributed by atoms with E-state index in [0.717, 1.165) is 23.4 Å². The van der Waals surface area contributed by atoms with Crippen LogP contribution in [0.5, 0.6) is 5.75 Å². The second-order valence-corrected chi connectivity index (χ2v) is 7.53. The fraction of sp³-hybridized carbons (Fsp3) is 0.238. The highest BCUT2D eigenvalue weighted by Gasteiger charge is 2.01. The molecule has 0 amide bonds. The van der Waals surface area contributed by atoms with Gasteiger partial charge in [-0.3, -0.25) is 9.78 Å². The Labute approximate surface area is 156 Å². The molecule has 2 heterocycles. The van der Waals surface area contributed by atoms with Crippen LogP contribution in [0, 0.1) is 0 Å². The molecule has 0 saturated carbocycles. The lowest BCUT2D eigenvalue weighted by Crippen LogP contribution is -2.19. The molecule has 0 fully saturated rings. The number of hydrogen-bond donors (Lipinski definition) is 1. The SMILES string of the molecule is C=c1[nH]c(=O)/c(=C/c2ccc(OCCc3ccc(C(C)C)cn3)cc2)s1. The molecule has 0 bridgehead atoms. The van der Waals surface area contributed by atoms with Crippen molar-refractivity contribution in [1.82, 2.24) is 9.97 Å². The Hall–Kier alpha value is -2.66. The number of rotatable bonds is 6. The molecule has 2 aromatic heterocycles. The number of nitrogens with zero attached hydrogens (tertiary/aromatic N) is 1. The van der Waals surface area contributed by atoms with E-state index in [9.17, 15) is 4.79 Å². The van der Waals surface area contributed by atoms with Gasteiger partial charge >= 0.3 is 0 Å². The Bertz CT molecular complexity index is 1020. The van der Waals surface area contributed by atoms with Crippen molar-refractivity contribution in [3.8, 4) is 5.75 Å². The second-order valence-electron chi connectivity index (χ2n) is 6.39. The summed E-state index contributed by atoms with van der Waals surface area (Å²) in [4.78, 5) is 18.9. The molecule has 0 aliphatic rings. The fourth-order valence-electron chi connectivity index (χ4n) is 2.50. The topological polar surface area (TPSA) is 55.0 Å². The average Bonchev–Trinajstić information content (AvgIpc) is 2.94. The van der Waals surface area contributed by atoms with Crippen LogP contribution < -0.4 is 19.5 Å². The zero-order valence-corrected chi connectivity index (χ0v) is 15.8. The summed E-state index contributed by atoms with van der Waals surface area (Å²) in [5.74, 6) is 1.30. The van der Waals surface area contributed by atoms with Crippen LogP contribution in [-0.4, -0.2) is 16.6 Å². The van der Waals surface area contributed by atoms with Crippen molar-refractivity contribution < 1.29 is 4.74 Å². The van der Waals surface area contributed by atoms with E-state index in [2.05, 4.69) is 42.5 Å². The highest BCUT2D eigenvalue weighted by Crippen LogP contribution is 2.14. The molecular formula is C21H22N2O2S. The summed E-state index contributed by atoms with van der Waals surface area (Å²) in [6.45, 7) is 8.64. The summed E-state index contributed by atoms with van der Waals surface area (Å²) in [6, 6.07) is 11.9. The van der Waals surface area contributed by atoms with E-state index in [-0.39, 0.29) is 5.56 Å². The molecule has 1 aromatic carbocycles. The smallest absolute Gasteiger partial charge is 0.266 e. The Morgan fingerprint density at radius 1 is 1.23 bits per heavy atom. The van der Waals surface area contributed by atoms with E-state index >= 15 is 0 Å². The second kappa shape index (κ2) is 8.15. The number of thiazole rings is 1. The molecule has 0 spiro atoms. The number of ether oxygens (including phenoxy) is 1. The van der Waals surface area contributed by atoms with Gasteiger partial charge in [-0.25, -0.2) is 0 Å². The molecule has 1 N–H and O–H groups in total. The van der Waals surface area contributed by atoms with Gasteiger partial charge in [0.1, 0.15) is 5.75 Å². The lowest BCUT2D eigenvalue weighted by molar-refractivity contribution is 0.320. The third-order valence-electron chi connectivity index (χ3n) is 4.03. The van der Waals surface area contributed by atoms with Crippen molar-refractivity contribution >= 4 is 24.0 Å². The average molecular weight is 366 g/mol. The van der Waals surface area contributed by atoms with E-state index in [0.29, 0.717) is 21.7 Å². The van der Waals surface area contributed by atoms with E-state index in [1.54, 1.807) is 0 Å². The molecule has 3 rings (SSSR count). The molecule has 134 valence electrons. The summed E-state index contributed by atoms with van der Waals surface area (Å²) >= 11 is 1.35. The minimum Gasteiger partial charge on any atom is -0.493 e. The first-order valence-electron chi connectivity index (χ1n) is 8.59. The van der Waals surface area contributed by atoms with Crippen LogP contribution in [0.2, 0.25) is 0 Å². The normalized spacial score (nSPS) is 11.9. The zero-order chi connectivity index (χ0) is 18.5. The summed E-state index contributed by atoms with van der Waals surface area (Å²) < 4.78 is 7.11.